The zero-order valence-electron chi connectivity index (χ0n) is 10.3. The molecule has 2 nitrogen and oxygen atoms in total. The molecule has 0 radical (unpaired) electrons. The predicted molar refractivity (Wildman–Crippen MR) is 69.7 cm³/mol. The van der Waals surface area contributed by atoms with Crippen molar-refractivity contribution in [2.75, 3.05) is 6.54 Å². The summed E-state index contributed by atoms with van der Waals surface area (Å²) in [6, 6.07) is 4.26. The number of aromatic nitrogens is 1. The largest absolute Gasteiger partial charge is 0.309 e. The van der Waals surface area contributed by atoms with Crippen molar-refractivity contribution < 1.29 is 0 Å². The molecule has 1 rings (SSSR count). The third kappa shape index (κ3) is 3.76. The first-order valence-electron chi connectivity index (χ1n) is 6.03. The summed E-state index contributed by atoms with van der Waals surface area (Å²) in [7, 11) is 0. The SMILES string of the molecule is CCCC(C)C(NCC)c1ccc(Cl)cn1. The minimum Gasteiger partial charge on any atom is -0.309 e. The average Bonchev–Trinajstić information content (AvgIpc) is 2.28. The third-order valence-corrected chi connectivity index (χ3v) is 3.03. The van der Waals surface area contributed by atoms with Crippen LogP contribution in [0.4, 0.5) is 0 Å². The molecule has 1 aromatic rings. The van der Waals surface area contributed by atoms with Gasteiger partial charge < -0.3 is 5.32 Å². The van der Waals surface area contributed by atoms with Gasteiger partial charge in [0.2, 0.25) is 0 Å². The van der Waals surface area contributed by atoms with Gasteiger partial charge in [-0.3, -0.25) is 4.98 Å². The van der Waals surface area contributed by atoms with Crippen LogP contribution in [-0.2, 0) is 0 Å². The highest BCUT2D eigenvalue weighted by Crippen LogP contribution is 2.24. The van der Waals surface area contributed by atoms with E-state index in [1.165, 1.54) is 12.8 Å². The number of rotatable bonds is 6. The van der Waals surface area contributed by atoms with E-state index < -0.39 is 0 Å². The summed E-state index contributed by atoms with van der Waals surface area (Å²) < 4.78 is 0. The van der Waals surface area contributed by atoms with Gasteiger partial charge in [-0.2, -0.15) is 0 Å². The quantitative estimate of drug-likeness (QED) is 0.818. The molecule has 0 aliphatic carbocycles. The first-order valence-corrected chi connectivity index (χ1v) is 6.41. The van der Waals surface area contributed by atoms with Crippen LogP contribution in [-0.4, -0.2) is 11.5 Å². The topological polar surface area (TPSA) is 24.9 Å². The highest BCUT2D eigenvalue weighted by molar-refractivity contribution is 6.30. The molecule has 1 aromatic heterocycles. The number of nitrogens with one attached hydrogen (secondary N) is 1. The highest BCUT2D eigenvalue weighted by atomic mass is 35.5. The Balaban J connectivity index is 2.79. The second kappa shape index (κ2) is 6.87. The monoisotopic (exact) mass is 240 g/mol. The normalized spacial score (nSPS) is 14.8. The lowest BCUT2D eigenvalue weighted by Gasteiger charge is -2.24. The van der Waals surface area contributed by atoms with Gasteiger partial charge in [-0.1, -0.05) is 38.8 Å². The molecule has 2 atom stereocenters. The summed E-state index contributed by atoms with van der Waals surface area (Å²) in [4.78, 5) is 4.41. The Morgan fingerprint density at radius 3 is 2.62 bits per heavy atom. The van der Waals surface area contributed by atoms with Crippen LogP contribution in [0.5, 0.6) is 0 Å². The van der Waals surface area contributed by atoms with E-state index in [0.717, 1.165) is 12.2 Å². The zero-order chi connectivity index (χ0) is 12.0. The van der Waals surface area contributed by atoms with Crippen LogP contribution in [0.25, 0.3) is 0 Å². The second-order valence-electron chi connectivity index (χ2n) is 4.20. The van der Waals surface area contributed by atoms with Gasteiger partial charge in [0.05, 0.1) is 16.8 Å². The number of hydrogen-bond donors (Lipinski definition) is 1. The first-order chi connectivity index (χ1) is 7.69. The number of hydrogen-bond acceptors (Lipinski definition) is 2. The van der Waals surface area contributed by atoms with Crippen molar-refractivity contribution in [3.63, 3.8) is 0 Å². The maximum absolute atomic E-state index is 5.85. The van der Waals surface area contributed by atoms with E-state index >= 15 is 0 Å². The maximum Gasteiger partial charge on any atom is 0.0589 e. The van der Waals surface area contributed by atoms with Crippen LogP contribution >= 0.6 is 11.6 Å². The molecule has 1 heterocycles. The molecule has 90 valence electrons. The van der Waals surface area contributed by atoms with E-state index in [1.54, 1.807) is 6.20 Å². The summed E-state index contributed by atoms with van der Waals surface area (Å²) >= 11 is 5.85. The van der Waals surface area contributed by atoms with Crippen LogP contribution in [0.15, 0.2) is 18.3 Å². The van der Waals surface area contributed by atoms with Crippen molar-refractivity contribution in [1.29, 1.82) is 0 Å². The molecule has 0 aliphatic heterocycles. The maximum atomic E-state index is 5.85. The minimum atomic E-state index is 0.335. The van der Waals surface area contributed by atoms with Crippen molar-refractivity contribution in [1.82, 2.24) is 10.3 Å². The van der Waals surface area contributed by atoms with E-state index in [2.05, 4.69) is 31.1 Å². The van der Waals surface area contributed by atoms with Crippen molar-refractivity contribution in [3.05, 3.63) is 29.0 Å². The van der Waals surface area contributed by atoms with Gasteiger partial charge in [0, 0.05) is 6.20 Å². The predicted octanol–water partition coefficient (Wildman–Crippen LogP) is 3.82. The van der Waals surface area contributed by atoms with E-state index in [0.29, 0.717) is 17.0 Å². The Bertz CT molecular complexity index is 297. The van der Waals surface area contributed by atoms with E-state index in [9.17, 15) is 0 Å². The molecule has 2 unspecified atom stereocenters. The fourth-order valence-electron chi connectivity index (χ4n) is 2.01. The Morgan fingerprint density at radius 2 is 2.12 bits per heavy atom. The molecule has 0 aliphatic rings. The number of pyridine rings is 1. The van der Waals surface area contributed by atoms with Crippen LogP contribution in [0.2, 0.25) is 5.02 Å². The van der Waals surface area contributed by atoms with E-state index in [-0.39, 0.29) is 0 Å². The molecule has 0 saturated carbocycles. The Kier molecular flexibility index (Phi) is 5.78. The standard InChI is InChI=1S/C13H21ClN2/c1-4-6-10(3)13(15-5-2)12-8-7-11(14)9-16-12/h7-10,13,15H,4-6H2,1-3H3. The van der Waals surface area contributed by atoms with Crippen molar-refractivity contribution in [3.8, 4) is 0 Å². The first kappa shape index (κ1) is 13.5. The Morgan fingerprint density at radius 1 is 1.38 bits per heavy atom. The van der Waals surface area contributed by atoms with Gasteiger partial charge in [0.25, 0.3) is 0 Å². The van der Waals surface area contributed by atoms with Gasteiger partial charge in [0.15, 0.2) is 0 Å². The smallest absolute Gasteiger partial charge is 0.0589 e. The third-order valence-electron chi connectivity index (χ3n) is 2.81. The molecular formula is C13H21ClN2. The zero-order valence-corrected chi connectivity index (χ0v) is 11.1. The molecule has 0 amide bonds. The van der Waals surface area contributed by atoms with Gasteiger partial charge in [-0.15, -0.1) is 0 Å². The molecule has 3 heteroatoms. The summed E-state index contributed by atoms with van der Waals surface area (Å²) in [5.74, 6) is 0.596. The molecule has 0 saturated heterocycles. The van der Waals surface area contributed by atoms with E-state index in [4.69, 9.17) is 11.6 Å². The lowest BCUT2D eigenvalue weighted by atomic mass is 9.94. The Hall–Kier alpha value is -0.600. The summed E-state index contributed by atoms with van der Waals surface area (Å²) in [6.07, 6.45) is 4.14. The summed E-state index contributed by atoms with van der Waals surface area (Å²) in [5, 5.41) is 4.19. The molecule has 1 N–H and O–H groups in total. The van der Waals surface area contributed by atoms with Crippen molar-refractivity contribution in [2.24, 2.45) is 5.92 Å². The Labute approximate surface area is 103 Å². The van der Waals surface area contributed by atoms with Gasteiger partial charge in [-0.25, -0.2) is 0 Å². The van der Waals surface area contributed by atoms with Gasteiger partial charge >= 0.3 is 0 Å². The number of nitrogens with zero attached hydrogens (tertiary/aromatic N) is 1. The molecule has 0 fully saturated rings. The van der Waals surface area contributed by atoms with Crippen LogP contribution in [0.1, 0.15) is 45.3 Å². The van der Waals surface area contributed by atoms with Crippen molar-refractivity contribution >= 4 is 11.6 Å². The van der Waals surface area contributed by atoms with Crippen LogP contribution in [0, 0.1) is 5.92 Å². The fourth-order valence-corrected chi connectivity index (χ4v) is 2.12. The highest BCUT2D eigenvalue weighted by Gasteiger charge is 2.18. The average molecular weight is 241 g/mol. The van der Waals surface area contributed by atoms with Crippen LogP contribution in [0.3, 0.4) is 0 Å². The summed E-state index contributed by atoms with van der Waals surface area (Å²) in [5.41, 5.74) is 1.09. The molecular weight excluding hydrogens is 220 g/mol. The lowest BCUT2D eigenvalue weighted by Crippen LogP contribution is -2.27. The summed E-state index contributed by atoms with van der Waals surface area (Å²) in [6.45, 7) is 7.58. The fraction of sp³-hybridized carbons (Fsp3) is 0.615. The second-order valence-corrected chi connectivity index (χ2v) is 4.64. The van der Waals surface area contributed by atoms with E-state index in [1.807, 2.05) is 12.1 Å². The van der Waals surface area contributed by atoms with Crippen molar-refractivity contribution in [2.45, 2.75) is 39.7 Å². The number of halogens is 1. The van der Waals surface area contributed by atoms with Crippen LogP contribution < -0.4 is 5.32 Å². The van der Waals surface area contributed by atoms with Gasteiger partial charge in [0.1, 0.15) is 0 Å². The molecule has 0 bridgehead atoms. The molecule has 0 aromatic carbocycles. The van der Waals surface area contributed by atoms with Gasteiger partial charge in [-0.05, 0) is 31.0 Å². The molecule has 16 heavy (non-hydrogen) atoms. The molecule has 0 spiro atoms. The minimum absolute atomic E-state index is 0.335. The lowest BCUT2D eigenvalue weighted by molar-refractivity contribution is 0.362.